The lowest BCUT2D eigenvalue weighted by atomic mass is 9.92. The number of fused-ring (bicyclic) bond motifs is 1. The van der Waals surface area contributed by atoms with Crippen LogP contribution in [0.1, 0.15) is 77.6 Å². The largest absolute Gasteiger partial charge is 0.368 e. The zero-order valence-corrected chi connectivity index (χ0v) is 14.8. The molecular formula is C18H31N3O3. The molecule has 6 heteroatoms. The lowest BCUT2D eigenvalue weighted by Gasteiger charge is -2.31. The molecule has 2 saturated heterocycles. The maximum atomic E-state index is 12.7. The Kier molecular flexibility index (Phi) is 6.63. The van der Waals surface area contributed by atoms with Crippen molar-refractivity contribution in [3.05, 3.63) is 0 Å². The van der Waals surface area contributed by atoms with Gasteiger partial charge in [-0.05, 0) is 32.6 Å². The third-order valence-electron chi connectivity index (χ3n) is 5.39. The van der Waals surface area contributed by atoms with Gasteiger partial charge in [-0.15, -0.1) is 0 Å². The molecule has 0 saturated carbocycles. The van der Waals surface area contributed by atoms with Crippen molar-refractivity contribution in [2.45, 2.75) is 89.1 Å². The van der Waals surface area contributed by atoms with Crippen molar-refractivity contribution < 1.29 is 14.4 Å². The first-order valence-electron chi connectivity index (χ1n) is 9.35. The smallest absolute Gasteiger partial charge is 0.243 e. The van der Waals surface area contributed by atoms with E-state index >= 15 is 0 Å². The number of rotatable bonds is 1. The van der Waals surface area contributed by atoms with Crippen LogP contribution in [-0.4, -0.2) is 40.7 Å². The Hall–Kier alpha value is -1.59. The van der Waals surface area contributed by atoms with E-state index in [0.29, 0.717) is 25.8 Å². The predicted molar refractivity (Wildman–Crippen MR) is 92.0 cm³/mol. The second kappa shape index (κ2) is 8.49. The summed E-state index contributed by atoms with van der Waals surface area (Å²) >= 11 is 0. The molecule has 136 valence electrons. The second-order valence-corrected chi connectivity index (χ2v) is 7.41. The normalized spacial score (nSPS) is 30.9. The van der Waals surface area contributed by atoms with Gasteiger partial charge in [-0.1, -0.05) is 38.5 Å². The second-order valence-electron chi connectivity index (χ2n) is 7.41. The van der Waals surface area contributed by atoms with Crippen LogP contribution in [0.5, 0.6) is 0 Å². The third kappa shape index (κ3) is 4.71. The van der Waals surface area contributed by atoms with Crippen LogP contribution in [0, 0.1) is 0 Å². The van der Waals surface area contributed by atoms with Crippen LogP contribution in [-0.2, 0) is 14.4 Å². The van der Waals surface area contributed by atoms with Gasteiger partial charge in [0.15, 0.2) is 0 Å². The molecule has 2 heterocycles. The van der Waals surface area contributed by atoms with Gasteiger partial charge < -0.3 is 16.0 Å². The summed E-state index contributed by atoms with van der Waals surface area (Å²) < 4.78 is 0. The Morgan fingerprint density at radius 3 is 2.38 bits per heavy atom. The van der Waals surface area contributed by atoms with Gasteiger partial charge in [-0.2, -0.15) is 0 Å². The highest BCUT2D eigenvalue weighted by Gasteiger charge is 2.39. The van der Waals surface area contributed by atoms with Crippen LogP contribution in [0.3, 0.4) is 0 Å². The van der Waals surface area contributed by atoms with Crippen molar-refractivity contribution in [3.8, 4) is 0 Å². The Balaban J connectivity index is 2.12. The summed E-state index contributed by atoms with van der Waals surface area (Å²) in [5, 5.41) is 2.85. The van der Waals surface area contributed by atoms with Crippen molar-refractivity contribution in [1.82, 2.24) is 10.2 Å². The molecule has 3 amide bonds. The van der Waals surface area contributed by atoms with Crippen molar-refractivity contribution in [3.63, 3.8) is 0 Å². The monoisotopic (exact) mass is 337 g/mol. The fraction of sp³-hybridized carbons (Fsp3) is 0.833. The number of nitrogens with zero attached hydrogens (tertiary/aromatic N) is 1. The van der Waals surface area contributed by atoms with Gasteiger partial charge in [0.05, 0.1) is 0 Å². The van der Waals surface area contributed by atoms with E-state index in [1.165, 1.54) is 0 Å². The van der Waals surface area contributed by atoms with Gasteiger partial charge in [0.1, 0.15) is 11.6 Å². The van der Waals surface area contributed by atoms with Gasteiger partial charge in [0.25, 0.3) is 0 Å². The molecule has 0 aromatic carbocycles. The van der Waals surface area contributed by atoms with Crippen LogP contribution in [0.25, 0.3) is 0 Å². The minimum Gasteiger partial charge on any atom is -0.368 e. The molecule has 3 N–H and O–H groups in total. The fourth-order valence-electron chi connectivity index (χ4n) is 3.72. The first-order chi connectivity index (χ1) is 11.4. The van der Waals surface area contributed by atoms with Gasteiger partial charge >= 0.3 is 0 Å². The van der Waals surface area contributed by atoms with E-state index < -0.39 is 17.5 Å². The van der Waals surface area contributed by atoms with Crippen molar-refractivity contribution in [2.24, 2.45) is 5.73 Å². The summed E-state index contributed by atoms with van der Waals surface area (Å²) in [7, 11) is 0. The SMILES string of the molecule is CC1(C(N)=O)CCCCCCCCCC(=O)N2CCCC2C(=O)N1. The van der Waals surface area contributed by atoms with Crippen LogP contribution in [0.15, 0.2) is 0 Å². The first-order valence-corrected chi connectivity index (χ1v) is 9.35. The van der Waals surface area contributed by atoms with Crippen LogP contribution in [0.4, 0.5) is 0 Å². The number of nitrogens with one attached hydrogen (secondary N) is 1. The molecule has 0 aromatic rings. The summed E-state index contributed by atoms with van der Waals surface area (Å²) in [4.78, 5) is 38.7. The average Bonchev–Trinajstić information content (AvgIpc) is 3.01. The van der Waals surface area contributed by atoms with E-state index in [1.807, 2.05) is 0 Å². The topological polar surface area (TPSA) is 92.5 Å². The highest BCUT2D eigenvalue weighted by Crippen LogP contribution is 2.23. The number of primary amides is 1. The molecule has 2 fully saturated rings. The lowest BCUT2D eigenvalue weighted by Crippen LogP contribution is -2.59. The molecule has 0 aromatic heterocycles. The maximum absolute atomic E-state index is 12.7. The van der Waals surface area contributed by atoms with E-state index in [2.05, 4.69) is 5.32 Å². The fourth-order valence-corrected chi connectivity index (χ4v) is 3.72. The Labute approximate surface area is 144 Å². The molecule has 6 nitrogen and oxygen atoms in total. The molecule has 0 bridgehead atoms. The number of nitrogens with two attached hydrogens (primary N) is 1. The summed E-state index contributed by atoms with van der Waals surface area (Å²) in [6.07, 6.45) is 9.82. The van der Waals surface area contributed by atoms with E-state index in [1.54, 1.807) is 11.8 Å². The van der Waals surface area contributed by atoms with Gasteiger partial charge in [-0.3, -0.25) is 14.4 Å². The highest BCUT2D eigenvalue weighted by atomic mass is 16.2. The summed E-state index contributed by atoms with van der Waals surface area (Å²) in [5.74, 6) is -0.684. The molecule has 0 radical (unpaired) electrons. The van der Waals surface area contributed by atoms with Crippen molar-refractivity contribution in [2.75, 3.05) is 6.54 Å². The number of hydrogen-bond donors (Lipinski definition) is 2. The molecule has 2 atom stereocenters. The minimum atomic E-state index is -1.03. The molecule has 24 heavy (non-hydrogen) atoms. The van der Waals surface area contributed by atoms with Gasteiger partial charge in [-0.25, -0.2) is 0 Å². The standard InChI is InChI=1S/C18H31N3O3/c1-18(17(19)24)12-8-6-4-2-3-5-7-11-15(22)21-13-9-10-14(21)16(23)20-18/h14H,2-13H2,1H3,(H2,19,24)(H,20,23). The number of carbonyl (C=O) groups is 3. The van der Waals surface area contributed by atoms with Crippen molar-refractivity contribution in [1.29, 1.82) is 0 Å². The number of amides is 3. The molecule has 2 rings (SSSR count). The van der Waals surface area contributed by atoms with E-state index in [4.69, 9.17) is 5.73 Å². The number of carbonyl (C=O) groups excluding carboxylic acids is 3. The minimum absolute atomic E-state index is 0.0586. The Bertz CT molecular complexity index is 480. The summed E-state index contributed by atoms with van der Waals surface area (Å²) in [6.45, 7) is 2.33. The molecule has 2 aliphatic heterocycles. The Morgan fingerprint density at radius 1 is 1.08 bits per heavy atom. The van der Waals surface area contributed by atoms with Gasteiger partial charge in [0, 0.05) is 13.0 Å². The Morgan fingerprint density at radius 2 is 1.71 bits per heavy atom. The van der Waals surface area contributed by atoms with Crippen LogP contribution < -0.4 is 11.1 Å². The highest BCUT2D eigenvalue weighted by molar-refractivity contribution is 5.94. The molecule has 0 spiro atoms. The molecule has 2 aliphatic rings. The average molecular weight is 337 g/mol. The molecular weight excluding hydrogens is 306 g/mol. The maximum Gasteiger partial charge on any atom is 0.243 e. The molecule has 2 unspecified atom stereocenters. The zero-order valence-electron chi connectivity index (χ0n) is 14.8. The first kappa shape index (κ1) is 18.7. The summed E-state index contributed by atoms with van der Waals surface area (Å²) in [5.41, 5.74) is 4.52. The van der Waals surface area contributed by atoms with E-state index in [9.17, 15) is 14.4 Å². The van der Waals surface area contributed by atoms with Crippen LogP contribution in [0.2, 0.25) is 0 Å². The van der Waals surface area contributed by atoms with Crippen LogP contribution >= 0.6 is 0 Å². The predicted octanol–water partition coefficient (Wildman–Crippen LogP) is 1.86. The number of hydrogen-bond acceptors (Lipinski definition) is 3. The quantitative estimate of drug-likeness (QED) is 0.765. The molecule has 0 aliphatic carbocycles. The van der Waals surface area contributed by atoms with E-state index in [0.717, 1.165) is 51.4 Å². The lowest BCUT2D eigenvalue weighted by molar-refractivity contribution is -0.140. The zero-order chi connectivity index (χ0) is 17.6. The van der Waals surface area contributed by atoms with Crippen molar-refractivity contribution >= 4 is 17.7 Å². The summed E-state index contributed by atoms with van der Waals surface area (Å²) in [6, 6.07) is -0.457. The van der Waals surface area contributed by atoms with E-state index in [-0.39, 0.29) is 11.8 Å². The van der Waals surface area contributed by atoms with Gasteiger partial charge in [0.2, 0.25) is 17.7 Å². The third-order valence-corrected chi connectivity index (χ3v) is 5.39.